The Labute approximate surface area is 164 Å². The fourth-order valence-electron chi connectivity index (χ4n) is 3.19. The van der Waals surface area contributed by atoms with Crippen molar-refractivity contribution in [2.45, 2.75) is 13.8 Å². The Bertz CT molecular complexity index is 1110. The largest absolute Gasteiger partial charge is 0.322 e. The first-order chi connectivity index (χ1) is 13.6. The van der Waals surface area contributed by atoms with Crippen LogP contribution in [0.4, 0.5) is 5.69 Å². The van der Waals surface area contributed by atoms with Gasteiger partial charge in [0.25, 0.3) is 5.91 Å². The molecule has 138 valence electrons. The molecule has 28 heavy (non-hydrogen) atoms. The zero-order valence-corrected chi connectivity index (χ0v) is 15.9. The van der Waals surface area contributed by atoms with Crippen molar-refractivity contribution in [2.24, 2.45) is 0 Å². The number of carbonyl (C=O) groups is 1. The highest BCUT2D eigenvalue weighted by Crippen LogP contribution is 2.24. The topological polar surface area (TPSA) is 46.9 Å². The number of aryl methyl sites for hydroxylation is 2. The predicted molar refractivity (Wildman–Crippen MR) is 113 cm³/mol. The van der Waals surface area contributed by atoms with Gasteiger partial charge in [-0.1, -0.05) is 42.5 Å². The first kappa shape index (κ1) is 17.7. The Morgan fingerprint density at radius 3 is 2.32 bits per heavy atom. The SMILES string of the molecule is Cc1cccc(NC(=O)c2ccc(-n3nc(C)cc3-c3ccccc3)cc2)c1. The van der Waals surface area contributed by atoms with Gasteiger partial charge in [-0.2, -0.15) is 5.10 Å². The number of hydrogen-bond acceptors (Lipinski definition) is 2. The second kappa shape index (κ2) is 7.53. The van der Waals surface area contributed by atoms with E-state index < -0.39 is 0 Å². The van der Waals surface area contributed by atoms with Gasteiger partial charge in [0.05, 0.1) is 17.1 Å². The van der Waals surface area contributed by atoms with Crippen LogP contribution in [0, 0.1) is 13.8 Å². The molecule has 3 aromatic carbocycles. The average Bonchev–Trinajstić information content (AvgIpc) is 3.10. The van der Waals surface area contributed by atoms with Crippen molar-refractivity contribution in [3.63, 3.8) is 0 Å². The van der Waals surface area contributed by atoms with E-state index in [1.54, 1.807) is 0 Å². The van der Waals surface area contributed by atoms with E-state index in [-0.39, 0.29) is 5.91 Å². The lowest BCUT2D eigenvalue weighted by Crippen LogP contribution is -2.12. The Kier molecular flexibility index (Phi) is 4.77. The van der Waals surface area contributed by atoms with Crippen LogP contribution in [-0.4, -0.2) is 15.7 Å². The molecular weight excluding hydrogens is 346 g/mol. The van der Waals surface area contributed by atoms with Crippen LogP contribution in [0.15, 0.2) is 84.9 Å². The highest BCUT2D eigenvalue weighted by Gasteiger charge is 2.11. The molecule has 0 saturated heterocycles. The van der Waals surface area contributed by atoms with Gasteiger partial charge < -0.3 is 5.32 Å². The lowest BCUT2D eigenvalue weighted by atomic mass is 10.1. The molecule has 4 aromatic rings. The Morgan fingerprint density at radius 1 is 0.857 bits per heavy atom. The van der Waals surface area contributed by atoms with Crippen LogP contribution in [0.1, 0.15) is 21.6 Å². The maximum atomic E-state index is 12.5. The lowest BCUT2D eigenvalue weighted by Gasteiger charge is -2.09. The fraction of sp³-hybridized carbons (Fsp3) is 0.0833. The quantitative estimate of drug-likeness (QED) is 0.524. The number of anilines is 1. The van der Waals surface area contributed by atoms with Crippen LogP contribution in [0.3, 0.4) is 0 Å². The maximum absolute atomic E-state index is 12.5. The molecule has 1 N–H and O–H groups in total. The first-order valence-corrected chi connectivity index (χ1v) is 9.21. The maximum Gasteiger partial charge on any atom is 0.255 e. The summed E-state index contributed by atoms with van der Waals surface area (Å²) in [6, 6.07) is 27.5. The molecule has 0 aliphatic carbocycles. The molecule has 0 fully saturated rings. The van der Waals surface area contributed by atoms with Gasteiger partial charge in [-0.15, -0.1) is 0 Å². The molecule has 1 heterocycles. The number of nitrogens with one attached hydrogen (secondary N) is 1. The number of rotatable bonds is 4. The van der Waals surface area contributed by atoms with Crippen molar-refractivity contribution < 1.29 is 4.79 Å². The first-order valence-electron chi connectivity index (χ1n) is 9.21. The van der Waals surface area contributed by atoms with Gasteiger partial charge in [0.15, 0.2) is 0 Å². The van der Waals surface area contributed by atoms with Crippen LogP contribution in [0.5, 0.6) is 0 Å². The zero-order valence-electron chi connectivity index (χ0n) is 15.9. The van der Waals surface area contributed by atoms with Gasteiger partial charge in [-0.25, -0.2) is 4.68 Å². The Balaban J connectivity index is 1.60. The predicted octanol–water partition coefficient (Wildman–Crippen LogP) is 5.41. The second-order valence-electron chi connectivity index (χ2n) is 6.82. The van der Waals surface area contributed by atoms with Crippen molar-refractivity contribution in [1.29, 1.82) is 0 Å². The van der Waals surface area contributed by atoms with Crippen LogP contribution in [0.25, 0.3) is 16.9 Å². The standard InChI is InChI=1S/C24H21N3O/c1-17-7-6-10-21(15-17)25-24(28)20-11-13-22(14-12-20)27-23(16-18(2)26-27)19-8-4-3-5-9-19/h3-16H,1-2H3,(H,25,28). The molecule has 0 aliphatic heterocycles. The summed E-state index contributed by atoms with van der Waals surface area (Å²) < 4.78 is 1.91. The van der Waals surface area contributed by atoms with E-state index in [1.165, 1.54) is 0 Å². The number of nitrogens with zero attached hydrogens (tertiary/aromatic N) is 2. The van der Waals surface area contributed by atoms with Crippen LogP contribution < -0.4 is 5.32 Å². The average molecular weight is 367 g/mol. The molecule has 0 spiro atoms. The Hall–Kier alpha value is -3.66. The van der Waals surface area contributed by atoms with Crippen molar-refractivity contribution >= 4 is 11.6 Å². The van der Waals surface area contributed by atoms with Gasteiger partial charge in [0.1, 0.15) is 0 Å². The summed E-state index contributed by atoms with van der Waals surface area (Å²) in [4.78, 5) is 12.5. The summed E-state index contributed by atoms with van der Waals surface area (Å²) in [5.74, 6) is -0.128. The third-order valence-electron chi connectivity index (χ3n) is 4.55. The normalized spacial score (nSPS) is 10.6. The number of amides is 1. The van der Waals surface area contributed by atoms with Crippen LogP contribution in [0.2, 0.25) is 0 Å². The summed E-state index contributed by atoms with van der Waals surface area (Å²) in [5, 5.41) is 7.56. The van der Waals surface area contributed by atoms with Crippen LogP contribution in [-0.2, 0) is 0 Å². The van der Waals surface area contributed by atoms with Crippen molar-refractivity contribution in [3.05, 3.63) is 102 Å². The summed E-state index contributed by atoms with van der Waals surface area (Å²) in [5.41, 5.74) is 6.49. The third-order valence-corrected chi connectivity index (χ3v) is 4.55. The van der Waals surface area contributed by atoms with Crippen molar-refractivity contribution in [3.8, 4) is 16.9 Å². The molecule has 0 radical (unpaired) electrons. The number of carbonyl (C=O) groups excluding carboxylic acids is 1. The molecule has 4 rings (SSSR count). The highest BCUT2D eigenvalue weighted by atomic mass is 16.1. The molecule has 4 nitrogen and oxygen atoms in total. The molecule has 4 heteroatoms. The Morgan fingerprint density at radius 2 is 1.61 bits per heavy atom. The molecule has 0 bridgehead atoms. The van der Waals surface area contributed by atoms with Crippen molar-refractivity contribution in [1.82, 2.24) is 9.78 Å². The summed E-state index contributed by atoms with van der Waals surface area (Å²) in [7, 11) is 0. The molecule has 1 aromatic heterocycles. The van der Waals surface area contributed by atoms with Gasteiger partial charge in [0.2, 0.25) is 0 Å². The molecular formula is C24H21N3O. The van der Waals surface area contributed by atoms with E-state index in [4.69, 9.17) is 0 Å². The highest BCUT2D eigenvalue weighted by molar-refractivity contribution is 6.04. The number of hydrogen-bond donors (Lipinski definition) is 1. The van der Waals surface area contributed by atoms with E-state index in [0.717, 1.165) is 33.9 Å². The smallest absolute Gasteiger partial charge is 0.255 e. The van der Waals surface area contributed by atoms with Gasteiger partial charge >= 0.3 is 0 Å². The summed E-state index contributed by atoms with van der Waals surface area (Å²) in [6.45, 7) is 3.98. The number of aromatic nitrogens is 2. The zero-order chi connectivity index (χ0) is 19.5. The second-order valence-corrected chi connectivity index (χ2v) is 6.82. The van der Waals surface area contributed by atoms with Crippen molar-refractivity contribution in [2.75, 3.05) is 5.32 Å². The van der Waals surface area contributed by atoms with Gasteiger partial charge in [-0.3, -0.25) is 4.79 Å². The number of benzene rings is 3. The van der Waals surface area contributed by atoms with E-state index in [2.05, 4.69) is 28.6 Å². The summed E-state index contributed by atoms with van der Waals surface area (Å²) in [6.07, 6.45) is 0. The minimum atomic E-state index is -0.128. The molecule has 0 atom stereocenters. The summed E-state index contributed by atoms with van der Waals surface area (Å²) >= 11 is 0. The van der Waals surface area contributed by atoms with E-state index in [9.17, 15) is 4.79 Å². The molecule has 1 amide bonds. The van der Waals surface area contributed by atoms with Gasteiger partial charge in [-0.05, 0) is 61.9 Å². The van der Waals surface area contributed by atoms with Gasteiger partial charge in [0, 0.05) is 16.8 Å². The molecule has 0 unspecified atom stereocenters. The molecule has 0 saturated carbocycles. The van der Waals surface area contributed by atoms with Crippen LogP contribution >= 0.6 is 0 Å². The van der Waals surface area contributed by atoms with E-state index >= 15 is 0 Å². The lowest BCUT2D eigenvalue weighted by molar-refractivity contribution is 0.102. The fourth-order valence-corrected chi connectivity index (χ4v) is 3.19. The molecule has 0 aliphatic rings. The third kappa shape index (κ3) is 3.71. The monoisotopic (exact) mass is 367 g/mol. The minimum Gasteiger partial charge on any atom is -0.322 e. The van der Waals surface area contributed by atoms with E-state index in [0.29, 0.717) is 5.56 Å². The minimum absolute atomic E-state index is 0.128. The van der Waals surface area contributed by atoms with E-state index in [1.807, 2.05) is 85.3 Å².